The van der Waals surface area contributed by atoms with E-state index in [0.29, 0.717) is 31.2 Å². The van der Waals surface area contributed by atoms with Crippen molar-refractivity contribution in [2.24, 2.45) is 0 Å². The fourth-order valence-corrected chi connectivity index (χ4v) is 3.46. The number of nitrogens with one attached hydrogen (secondary N) is 1. The standard InChI is InChI=1S/C15H23N3O4S/c1-4-22-15(20)18-7-5-11(6-8-18)17-14(19)13-10(2)16-12(23-13)9-21-3/h11H,4-9H2,1-3H3,(H,17,19). The number of aryl methyl sites for hydroxylation is 1. The zero-order chi connectivity index (χ0) is 16.8. The first-order chi connectivity index (χ1) is 11.0. The highest BCUT2D eigenvalue weighted by molar-refractivity contribution is 7.13. The minimum Gasteiger partial charge on any atom is -0.450 e. The number of carbonyl (C=O) groups excluding carboxylic acids is 2. The van der Waals surface area contributed by atoms with Crippen LogP contribution in [-0.2, 0) is 16.1 Å². The van der Waals surface area contributed by atoms with E-state index in [1.165, 1.54) is 11.3 Å². The molecule has 1 saturated heterocycles. The van der Waals surface area contributed by atoms with Crippen LogP contribution in [0.2, 0.25) is 0 Å². The van der Waals surface area contributed by atoms with Crippen molar-refractivity contribution in [1.29, 1.82) is 0 Å². The molecule has 1 aliphatic rings. The summed E-state index contributed by atoms with van der Waals surface area (Å²) in [4.78, 5) is 30.7. The maximum absolute atomic E-state index is 12.4. The second kappa shape index (κ2) is 8.26. The third kappa shape index (κ3) is 4.65. The summed E-state index contributed by atoms with van der Waals surface area (Å²) < 4.78 is 10.0. The Kier molecular flexibility index (Phi) is 6.35. The lowest BCUT2D eigenvalue weighted by Gasteiger charge is -2.31. The number of piperidine rings is 1. The smallest absolute Gasteiger partial charge is 0.409 e. The number of carbonyl (C=O) groups is 2. The normalized spacial score (nSPS) is 15.5. The van der Waals surface area contributed by atoms with Crippen LogP contribution in [0.5, 0.6) is 0 Å². The largest absolute Gasteiger partial charge is 0.450 e. The molecule has 8 heteroatoms. The van der Waals surface area contributed by atoms with Crippen LogP contribution in [0.25, 0.3) is 0 Å². The van der Waals surface area contributed by atoms with Gasteiger partial charge in [-0.2, -0.15) is 0 Å². The van der Waals surface area contributed by atoms with Crippen LogP contribution in [0.4, 0.5) is 4.79 Å². The Labute approximate surface area is 140 Å². The summed E-state index contributed by atoms with van der Waals surface area (Å²) in [6.07, 6.45) is 1.18. The maximum Gasteiger partial charge on any atom is 0.409 e. The van der Waals surface area contributed by atoms with Crippen molar-refractivity contribution in [3.8, 4) is 0 Å². The van der Waals surface area contributed by atoms with Crippen LogP contribution in [0, 0.1) is 6.92 Å². The van der Waals surface area contributed by atoms with Crippen molar-refractivity contribution in [3.63, 3.8) is 0 Å². The molecule has 0 atom stereocenters. The van der Waals surface area contributed by atoms with Crippen LogP contribution in [0.1, 0.15) is 40.1 Å². The number of thiazole rings is 1. The molecule has 0 spiro atoms. The predicted molar refractivity (Wildman–Crippen MR) is 86.6 cm³/mol. The number of ether oxygens (including phenoxy) is 2. The lowest BCUT2D eigenvalue weighted by Crippen LogP contribution is -2.46. The molecule has 1 aromatic heterocycles. The molecule has 1 fully saturated rings. The monoisotopic (exact) mass is 341 g/mol. The Bertz CT molecular complexity index is 553. The van der Waals surface area contributed by atoms with E-state index in [1.54, 1.807) is 18.9 Å². The number of aromatic nitrogens is 1. The van der Waals surface area contributed by atoms with E-state index < -0.39 is 0 Å². The van der Waals surface area contributed by atoms with Gasteiger partial charge in [0.05, 0.1) is 18.9 Å². The molecule has 128 valence electrons. The molecule has 0 unspecified atom stereocenters. The summed E-state index contributed by atoms with van der Waals surface area (Å²) in [6.45, 7) is 5.61. The summed E-state index contributed by atoms with van der Waals surface area (Å²) in [5, 5.41) is 3.83. The Hall–Kier alpha value is -1.67. The minimum atomic E-state index is -0.278. The fraction of sp³-hybridized carbons (Fsp3) is 0.667. The SMILES string of the molecule is CCOC(=O)N1CCC(NC(=O)c2sc(COC)nc2C)CC1. The van der Waals surface area contributed by atoms with Gasteiger partial charge in [0.2, 0.25) is 0 Å². The summed E-state index contributed by atoms with van der Waals surface area (Å²) in [5.41, 5.74) is 0.725. The van der Waals surface area contributed by atoms with Crippen molar-refractivity contribution < 1.29 is 19.1 Å². The summed E-state index contributed by atoms with van der Waals surface area (Å²) in [7, 11) is 1.60. The molecule has 0 aromatic carbocycles. The Morgan fingerprint density at radius 2 is 2.09 bits per heavy atom. The van der Waals surface area contributed by atoms with Crippen LogP contribution in [-0.4, -0.2) is 54.7 Å². The van der Waals surface area contributed by atoms with Gasteiger partial charge < -0.3 is 19.7 Å². The van der Waals surface area contributed by atoms with Gasteiger partial charge in [0.15, 0.2) is 0 Å². The van der Waals surface area contributed by atoms with Gasteiger partial charge in [0, 0.05) is 26.2 Å². The quantitative estimate of drug-likeness (QED) is 0.885. The number of hydrogen-bond acceptors (Lipinski definition) is 6. The Balaban J connectivity index is 1.86. The first-order valence-electron chi connectivity index (χ1n) is 7.73. The summed E-state index contributed by atoms with van der Waals surface area (Å²) in [5.74, 6) is -0.100. The summed E-state index contributed by atoms with van der Waals surface area (Å²) >= 11 is 1.36. The molecule has 23 heavy (non-hydrogen) atoms. The number of hydrogen-bond donors (Lipinski definition) is 1. The zero-order valence-electron chi connectivity index (χ0n) is 13.8. The molecule has 2 heterocycles. The molecular weight excluding hydrogens is 318 g/mol. The highest BCUT2D eigenvalue weighted by Crippen LogP contribution is 2.20. The van der Waals surface area contributed by atoms with Crippen molar-refractivity contribution in [1.82, 2.24) is 15.2 Å². The van der Waals surface area contributed by atoms with Crippen molar-refractivity contribution in [2.75, 3.05) is 26.8 Å². The second-order valence-electron chi connectivity index (χ2n) is 5.39. The number of nitrogens with zero attached hydrogens (tertiary/aromatic N) is 2. The molecule has 2 amide bonds. The van der Waals surface area contributed by atoms with Crippen LogP contribution >= 0.6 is 11.3 Å². The average Bonchev–Trinajstić information content (AvgIpc) is 2.89. The van der Waals surface area contributed by atoms with E-state index in [2.05, 4.69) is 10.3 Å². The number of likely N-dealkylation sites (tertiary alicyclic amines) is 1. The third-order valence-electron chi connectivity index (χ3n) is 3.67. The minimum absolute atomic E-state index is 0.0700. The maximum atomic E-state index is 12.4. The molecule has 7 nitrogen and oxygen atoms in total. The van der Waals surface area contributed by atoms with Gasteiger partial charge in [0.25, 0.3) is 5.91 Å². The van der Waals surface area contributed by atoms with Gasteiger partial charge in [0.1, 0.15) is 9.88 Å². The molecule has 2 rings (SSSR count). The van der Waals surface area contributed by atoms with Crippen LogP contribution < -0.4 is 5.32 Å². The third-order valence-corrected chi connectivity index (χ3v) is 4.80. The van der Waals surface area contributed by atoms with E-state index in [0.717, 1.165) is 23.5 Å². The highest BCUT2D eigenvalue weighted by atomic mass is 32.1. The molecule has 0 radical (unpaired) electrons. The van der Waals surface area contributed by atoms with E-state index in [9.17, 15) is 9.59 Å². The number of methoxy groups -OCH3 is 1. The lowest BCUT2D eigenvalue weighted by atomic mass is 10.1. The van der Waals surface area contributed by atoms with E-state index in [-0.39, 0.29) is 18.0 Å². The lowest BCUT2D eigenvalue weighted by molar-refractivity contribution is 0.0862. The fourth-order valence-electron chi connectivity index (χ4n) is 2.52. The van der Waals surface area contributed by atoms with Gasteiger partial charge in [-0.3, -0.25) is 4.79 Å². The van der Waals surface area contributed by atoms with E-state index in [1.807, 2.05) is 6.92 Å². The molecular formula is C15H23N3O4S. The molecule has 0 aliphatic carbocycles. The molecule has 0 bridgehead atoms. The molecule has 1 aliphatic heterocycles. The second-order valence-corrected chi connectivity index (χ2v) is 6.47. The number of amides is 2. The van der Waals surface area contributed by atoms with E-state index >= 15 is 0 Å². The van der Waals surface area contributed by atoms with Crippen molar-refractivity contribution in [2.45, 2.75) is 39.3 Å². The average molecular weight is 341 g/mol. The van der Waals surface area contributed by atoms with E-state index in [4.69, 9.17) is 9.47 Å². The summed E-state index contributed by atoms with van der Waals surface area (Å²) in [6, 6.07) is 0.0700. The van der Waals surface area contributed by atoms with Crippen LogP contribution in [0.3, 0.4) is 0 Å². The highest BCUT2D eigenvalue weighted by Gasteiger charge is 2.26. The van der Waals surface area contributed by atoms with Gasteiger partial charge in [-0.15, -0.1) is 11.3 Å². The Morgan fingerprint density at radius 3 is 2.70 bits per heavy atom. The van der Waals surface area contributed by atoms with Crippen molar-refractivity contribution >= 4 is 23.3 Å². The molecule has 1 N–H and O–H groups in total. The molecule has 0 saturated carbocycles. The predicted octanol–water partition coefficient (Wildman–Crippen LogP) is 1.95. The van der Waals surface area contributed by atoms with Crippen molar-refractivity contribution in [3.05, 3.63) is 15.6 Å². The first-order valence-corrected chi connectivity index (χ1v) is 8.54. The zero-order valence-corrected chi connectivity index (χ0v) is 14.6. The number of rotatable bonds is 5. The van der Waals surface area contributed by atoms with Gasteiger partial charge in [-0.1, -0.05) is 0 Å². The van der Waals surface area contributed by atoms with Gasteiger partial charge in [-0.05, 0) is 26.7 Å². The first kappa shape index (κ1) is 17.7. The van der Waals surface area contributed by atoms with Gasteiger partial charge in [-0.25, -0.2) is 9.78 Å². The van der Waals surface area contributed by atoms with Crippen LogP contribution in [0.15, 0.2) is 0 Å². The Morgan fingerprint density at radius 1 is 1.39 bits per heavy atom. The molecule has 1 aromatic rings. The van der Waals surface area contributed by atoms with Gasteiger partial charge >= 0.3 is 6.09 Å². The topological polar surface area (TPSA) is 80.8 Å².